The number of ether oxygens (including phenoxy) is 1. The van der Waals surface area contributed by atoms with Crippen molar-refractivity contribution in [2.24, 2.45) is 0 Å². The zero-order chi connectivity index (χ0) is 18.3. The normalized spacial score (nSPS) is 23.2. The van der Waals surface area contributed by atoms with Crippen LogP contribution in [0, 0.1) is 0 Å². The number of carbonyl (C=O) groups is 1. The maximum absolute atomic E-state index is 12.7. The molecule has 3 atom stereocenters. The van der Waals surface area contributed by atoms with Crippen LogP contribution >= 0.6 is 0 Å². The molecule has 136 valence electrons. The fourth-order valence-corrected chi connectivity index (χ4v) is 2.83. The third kappa shape index (κ3) is 2.78. The lowest BCUT2D eigenvalue weighted by Crippen LogP contribution is -2.35. The largest absolute Gasteiger partial charge is 0.394 e. The number of aliphatic hydroxyl groups is 2. The molecule has 0 saturated carbocycles. The molecule has 3 rings (SSSR count). The molecule has 0 radical (unpaired) electrons. The van der Waals surface area contributed by atoms with Crippen molar-refractivity contribution in [1.29, 1.82) is 0 Å². The van der Waals surface area contributed by atoms with Crippen molar-refractivity contribution in [1.82, 2.24) is 24.6 Å². The molecule has 0 unspecified atom stereocenters. The maximum atomic E-state index is 12.7. The molecular formula is C12H16N6O7. The van der Waals surface area contributed by atoms with Crippen LogP contribution in [0.15, 0.2) is 9.59 Å². The molecule has 25 heavy (non-hydrogen) atoms. The quantitative estimate of drug-likeness (QED) is 0.239. The monoisotopic (exact) mass is 356 g/mol. The smallest absolute Gasteiger partial charge is 0.333 e. The summed E-state index contributed by atoms with van der Waals surface area (Å²) in [5.41, 5.74) is 4.75. The first-order valence-corrected chi connectivity index (χ1v) is 7.25. The number of carbonyl (C=O) groups excluding carboxylic acids is 1. The molecule has 1 fully saturated rings. The highest BCUT2D eigenvalue weighted by molar-refractivity contribution is 5.78. The van der Waals surface area contributed by atoms with Gasteiger partial charge in [0, 0.05) is 6.42 Å². The lowest BCUT2D eigenvalue weighted by Gasteiger charge is -2.15. The number of aromatic amines is 1. The van der Waals surface area contributed by atoms with Gasteiger partial charge >= 0.3 is 5.69 Å². The molecular weight excluding hydrogens is 340 g/mol. The van der Waals surface area contributed by atoms with E-state index in [1.165, 1.54) is 5.48 Å². The van der Waals surface area contributed by atoms with Gasteiger partial charge in [0.15, 0.2) is 17.4 Å². The summed E-state index contributed by atoms with van der Waals surface area (Å²) < 4.78 is 7.10. The van der Waals surface area contributed by atoms with Crippen LogP contribution in [0.25, 0.3) is 11.2 Å². The average molecular weight is 356 g/mol. The van der Waals surface area contributed by atoms with Crippen LogP contribution in [-0.2, 0) is 16.1 Å². The molecule has 13 nitrogen and oxygen atoms in total. The molecule has 0 spiro atoms. The summed E-state index contributed by atoms with van der Waals surface area (Å²) >= 11 is 0. The van der Waals surface area contributed by atoms with Crippen LogP contribution in [-0.4, -0.2) is 59.2 Å². The van der Waals surface area contributed by atoms with Gasteiger partial charge in [0.25, 0.3) is 11.5 Å². The number of amides is 1. The van der Waals surface area contributed by atoms with Crippen LogP contribution in [0.3, 0.4) is 0 Å². The van der Waals surface area contributed by atoms with E-state index in [1.54, 1.807) is 0 Å². The van der Waals surface area contributed by atoms with E-state index in [0.717, 1.165) is 9.13 Å². The van der Waals surface area contributed by atoms with Crippen molar-refractivity contribution in [3.63, 3.8) is 0 Å². The number of nitrogens with one attached hydrogen (secondary N) is 2. The fraction of sp³-hybridized carbons (Fsp3) is 0.500. The Morgan fingerprint density at radius 3 is 2.80 bits per heavy atom. The second kappa shape index (κ2) is 6.29. The molecule has 1 aliphatic heterocycles. The third-order valence-corrected chi connectivity index (χ3v) is 3.88. The number of aromatic nitrogens is 4. The van der Waals surface area contributed by atoms with Gasteiger partial charge in [-0.1, -0.05) is 0 Å². The summed E-state index contributed by atoms with van der Waals surface area (Å²) in [4.78, 5) is 42.4. The van der Waals surface area contributed by atoms with Gasteiger partial charge in [0.1, 0.15) is 12.6 Å². The molecule has 1 aliphatic rings. The van der Waals surface area contributed by atoms with E-state index in [4.69, 9.17) is 15.7 Å². The van der Waals surface area contributed by atoms with Crippen molar-refractivity contribution in [2.75, 3.05) is 12.3 Å². The number of nitrogens with zero attached hydrogens (tertiary/aromatic N) is 3. The lowest BCUT2D eigenvalue weighted by molar-refractivity contribution is -0.129. The predicted molar refractivity (Wildman–Crippen MR) is 80.6 cm³/mol. The van der Waals surface area contributed by atoms with Gasteiger partial charge in [-0.15, -0.1) is 0 Å². The second-order valence-electron chi connectivity index (χ2n) is 5.53. The summed E-state index contributed by atoms with van der Waals surface area (Å²) in [7, 11) is 0. The minimum Gasteiger partial charge on any atom is -0.394 e. The number of fused-ring (bicyclic) bond motifs is 1. The Morgan fingerprint density at radius 2 is 2.20 bits per heavy atom. The molecule has 0 aliphatic carbocycles. The van der Waals surface area contributed by atoms with E-state index in [0.29, 0.717) is 0 Å². The fourth-order valence-electron chi connectivity index (χ4n) is 2.83. The highest BCUT2D eigenvalue weighted by atomic mass is 16.5. The minimum absolute atomic E-state index is 0.0656. The first-order valence-electron chi connectivity index (χ1n) is 7.25. The van der Waals surface area contributed by atoms with Gasteiger partial charge in [0.05, 0.1) is 12.7 Å². The minimum atomic E-state index is -1.22. The van der Waals surface area contributed by atoms with E-state index in [1.807, 2.05) is 0 Å². The number of aliphatic hydroxyl groups excluding tert-OH is 2. The number of hydroxylamine groups is 1. The highest BCUT2D eigenvalue weighted by Crippen LogP contribution is 2.29. The molecule has 2 aromatic rings. The number of hydrogen-bond acceptors (Lipinski definition) is 9. The summed E-state index contributed by atoms with van der Waals surface area (Å²) in [6, 6.07) is 0. The zero-order valence-corrected chi connectivity index (χ0v) is 12.7. The Labute approximate surface area is 138 Å². The van der Waals surface area contributed by atoms with Gasteiger partial charge in [0.2, 0.25) is 5.95 Å². The van der Waals surface area contributed by atoms with Gasteiger partial charge in [-0.25, -0.2) is 14.8 Å². The standard InChI is InChI=1S/C12H16N6O7/c13-11-14-8-7(9(22)15-11)17(2-6(21)16-24)12(23)18(8)10-5(20)1-4(3-19)25-10/h4-5,10,19-20,24H,1-3H2,(H,16,21)(H3,13,14,15,22)/t4-,5+,10+/m0/s1. The number of rotatable bonds is 4. The van der Waals surface area contributed by atoms with Gasteiger partial charge in [-0.2, -0.15) is 4.98 Å². The molecule has 1 amide bonds. The van der Waals surface area contributed by atoms with Gasteiger partial charge in [-0.05, 0) is 0 Å². The summed E-state index contributed by atoms with van der Waals surface area (Å²) in [6.45, 7) is -1.04. The van der Waals surface area contributed by atoms with E-state index >= 15 is 0 Å². The lowest BCUT2D eigenvalue weighted by atomic mass is 10.2. The maximum Gasteiger partial charge on any atom is 0.333 e. The number of hydrogen-bond donors (Lipinski definition) is 6. The summed E-state index contributed by atoms with van der Waals surface area (Å²) in [6.07, 6.45) is -3.01. The second-order valence-corrected chi connectivity index (χ2v) is 5.53. The van der Waals surface area contributed by atoms with Crippen molar-refractivity contribution < 1.29 is 25.0 Å². The molecule has 3 heterocycles. The number of imidazole rings is 1. The molecule has 7 N–H and O–H groups in total. The van der Waals surface area contributed by atoms with Crippen molar-refractivity contribution in [3.05, 3.63) is 20.8 Å². The Kier molecular flexibility index (Phi) is 4.30. The third-order valence-electron chi connectivity index (χ3n) is 3.88. The summed E-state index contributed by atoms with van der Waals surface area (Å²) in [5, 5.41) is 28.0. The summed E-state index contributed by atoms with van der Waals surface area (Å²) in [5.74, 6) is -1.22. The van der Waals surface area contributed by atoms with E-state index in [-0.39, 0.29) is 30.1 Å². The van der Waals surface area contributed by atoms with Gasteiger partial charge in [-0.3, -0.25) is 24.3 Å². The first kappa shape index (κ1) is 17.1. The Morgan fingerprint density at radius 1 is 1.48 bits per heavy atom. The zero-order valence-electron chi connectivity index (χ0n) is 12.7. The van der Waals surface area contributed by atoms with Gasteiger partial charge < -0.3 is 20.7 Å². The van der Waals surface area contributed by atoms with E-state index in [9.17, 15) is 24.6 Å². The Hall–Kier alpha value is -2.74. The van der Waals surface area contributed by atoms with Crippen molar-refractivity contribution in [3.8, 4) is 0 Å². The molecule has 2 aromatic heterocycles. The SMILES string of the molecule is Nc1nc2c(c(=O)[nH]1)n(CC(=O)NO)c(=O)n2[C@@H]1O[C@H](CO)C[C@H]1O. The van der Waals surface area contributed by atoms with Crippen LogP contribution in [0.5, 0.6) is 0 Å². The molecule has 0 aromatic carbocycles. The number of nitrogens with two attached hydrogens (primary N) is 1. The average Bonchev–Trinajstić information content (AvgIpc) is 3.05. The molecule has 13 heteroatoms. The number of nitrogen functional groups attached to an aromatic ring is 1. The van der Waals surface area contributed by atoms with Crippen molar-refractivity contribution in [2.45, 2.75) is 31.4 Å². The highest BCUT2D eigenvalue weighted by Gasteiger charge is 2.38. The predicted octanol–water partition coefficient (Wildman–Crippen LogP) is -3.39. The molecule has 1 saturated heterocycles. The van der Waals surface area contributed by atoms with E-state index in [2.05, 4.69) is 9.97 Å². The Balaban J connectivity index is 2.25. The van der Waals surface area contributed by atoms with Crippen LogP contribution < -0.4 is 22.5 Å². The number of anilines is 1. The first-order chi connectivity index (χ1) is 11.9. The number of H-pyrrole nitrogens is 1. The topological polar surface area (TPSA) is 198 Å². The Bertz CT molecular complexity index is 930. The molecule has 0 bridgehead atoms. The van der Waals surface area contributed by atoms with Crippen LogP contribution in [0.1, 0.15) is 12.6 Å². The van der Waals surface area contributed by atoms with Crippen molar-refractivity contribution >= 4 is 23.0 Å². The van der Waals surface area contributed by atoms with E-state index < -0.39 is 42.1 Å². The van der Waals surface area contributed by atoms with Crippen LogP contribution in [0.2, 0.25) is 0 Å². The van der Waals surface area contributed by atoms with Crippen LogP contribution in [0.4, 0.5) is 5.95 Å².